The van der Waals surface area contributed by atoms with Gasteiger partial charge in [-0.3, -0.25) is 4.79 Å². The number of benzene rings is 2. The van der Waals surface area contributed by atoms with Crippen LogP contribution in [0, 0.1) is 0 Å². The van der Waals surface area contributed by atoms with Gasteiger partial charge in [-0.25, -0.2) is 8.42 Å². The van der Waals surface area contributed by atoms with Gasteiger partial charge in [0.1, 0.15) is 4.88 Å². The minimum Gasteiger partial charge on any atom is -0.378 e. The third-order valence-corrected chi connectivity index (χ3v) is 8.86. The molecule has 1 atom stereocenters. The smallest absolute Gasteiger partial charge is 0.266 e. The van der Waals surface area contributed by atoms with E-state index in [2.05, 4.69) is 0 Å². The van der Waals surface area contributed by atoms with Crippen LogP contribution in [-0.2, 0) is 16.4 Å². The van der Waals surface area contributed by atoms with Crippen molar-refractivity contribution in [3.63, 3.8) is 0 Å². The van der Waals surface area contributed by atoms with E-state index >= 15 is 0 Å². The van der Waals surface area contributed by atoms with E-state index in [0.717, 1.165) is 21.3 Å². The lowest BCUT2D eigenvalue weighted by Crippen LogP contribution is -2.40. The van der Waals surface area contributed by atoms with Crippen molar-refractivity contribution in [2.75, 3.05) is 30.5 Å². The molecule has 1 saturated heterocycles. The highest BCUT2D eigenvalue weighted by atomic mass is 35.5. The topological polar surface area (TPSA) is 57.7 Å². The molecule has 0 unspecified atom stereocenters. The summed E-state index contributed by atoms with van der Waals surface area (Å²) in [6, 6.07) is 15.2. The van der Waals surface area contributed by atoms with Crippen molar-refractivity contribution in [3.05, 3.63) is 64.0 Å². The Morgan fingerprint density at radius 2 is 1.83 bits per heavy atom. The molecule has 1 aliphatic rings. The van der Waals surface area contributed by atoms with Gasteiger partial charge in [0.2, 0.25) is 0 Å². The van der Waals surface area contributed by atoms with Crippen molar-refractivity contribution >= 4 is 54.5 Å². The molecule has 0 saturated carbocycles. The zero-order valence-electron chi connectivity index (χ0n) is 16.8. The molecule has 158 valence electrons. The van der Waals surface area contributed by atoms with Gasteiger partial charge in [0.25, 0.3) is 5.91 Å². The fourth-order valence-electron chi connectivity index (χ4n) is 3.77. The number of thiophene rings is 1. The molecule has 0 N–H and O–H groups in total. The van der Waals surface area contributed by atoms with E-state index in [9.17, 15) is 13.2 Å². The minimum atomic E-state index is -3.13. The van der Waals surface area contributed by atoms with E-state index in [1.807, 2.05) is 67.5 Å². The summed E-state index contributed by atoms with van der Waals surface area (Å²) in [6.07, 6.45) is 0.451. The third-order valence-electron chi connectivity index (χ3n) is 5.44. The lowest BCUT2D eigenvalue weighted by atomic mass is 10.1. The Morgan fingerprint density at radius 3 is 2.43 bits per heavy atom. The number of amides is 1. The molecule has 5 nitrogen and oxygen atoms in total. The first-order chi connectivity index (χ1) is 14.2. The van der Waals surface area contributed by atoms with Gasteiger partial charge in [0.15, 0.2) is 9.84 Å². The van der Waals surface area contributed by atoms with Crippen LogP contribution in [0.2, 0.25) is 5.02 Å². The Bertz CT molecular complexity index is 1190. The molecule has 2 heterocycles. The zero-order chi connectivity index (χ0) is 21.5. The zero-order valence-corrected chi connectivity index (χ0v) is 19.2. The molecule has 4 rings (SSSR count). The van der Waals surface area contributed by atoms with Crippen molar-refractivity contribution in [1.82, 2.24) is 4.90 Å². The Hall–Kier alpha value is -2.09. The summed E-state index contributed by atoms with van der Waals surface area (Å²) in [5.41, 5.74) is 2.02. The van der Waals surface area contributed by atoms with E-state index in [0.29, 0.717) is 22.9 Å². The van der Waals surface area contributed by atoms with E-state index in [-0.39, 0.29) is 23.5 Å². The van der Waals surface area contributed by atoms with Crippen LogP contribution in [-0.4, -0.2) is 50.9 Å². The van der Waals surface area contributed by atoms with Crippen molar-refractivity contribution in [2.24, 2.45) is 0 Å². The van der Waals surface area contributed by atoms with Crippen LogP contribution in [0.3, 0.4) is 0 Å². The predicted octanol–water partition coefficient (Wildman–Crippen LogP) is 4.45. The molecule has 0 aliphatic carbocycles. The van der Waals surface area contributed by atoms with Gasteiger partial charge in [-0.15, -0.1) is 11.3 Å². The molecule has 8 heteroatoms. The molecule has 1 aliphatic heterocycles. The van der Waals surface area contributed by atoms with Gasteiger partial charge < -0.3 is 9.80 Å². The third kappa shape index (κ3) is 4.19. The van der Waals surface area contributed by atoms with Gasteiger partial charge in [-0.1, -0.05) is 41.9 Å². The highest BCUT2D eigenvalue weighted by Gasteiger charge is 2.36. The van der Waals surface area contributed by atoms with Crippen molar-refractivity contribution in [2.45, 2.75) is 19.0 Å². The summed E-state index contributed by atoms with van der Waals surface area (Å²) in [4.78, 5) is 17.7. The van der Waals surface area contributed by atoms with Crippen LogP contribution < -0.4 is 4.90 Å². The quantitative estimate of drug-likeness (QED) is 0.562. The maximum absolute atomic E-state index is 13.6. The molecule has 1 aromatic heterocycles. The molecule has 3 aromatic rings. The monoisotopic (exact) mass is 462 g/mol. The molecular weight excluding hydrogens is 440 g/mol. The molecule has 0 spiro atoms. The second kappa shape index (κ2) is 8.21. The second-order valence-corrected chi connectivity index (χ2v) is 11.5. The number of nitrogens with zero attached hydrogens (tertiary/aromatic N) is 2. The van der Waals surface area contributed by atoms with Crippen LogP contribution in [0.5, 0.6) is 0 Å². The van der Waals surface area contributed by atoms with Crippen LogP contribution in [0.15, 0.2) is 48.5 Å². The van der Waals surface area contributed by atoms with Crippen molar-refractivity contribution in [1.29, 1.82) is 0 Å². The van der Waals surface area contributed by atoms with Crippen molar-refractivity contribution < 1.29 is 13.2 Å². The average molecular weight is 463 g/mol. The lowest BCUT2D eigenvalue weighted by Gasteiger charge is -2.28. The van der Waals surface area contributed by atoms with Gasteiger partial charge in [-0.2, -0.15) is 0 Å². The van der Waals surface area contributed by atoms with Crippen molar-refractivity contribution in [3.8, 4) is 0 Å². The average Bonchev–Trinajstić information content (AvgIpc) is 3.25. The molecular formula is C22H23ClN2O3S2. The minimum absolute atomic E-state index is 0.00294. The van der Waals surface area contributed by atoms with Gasteiger partial charge in [0.05, 0.1) is 16.5 Å². The summed E-state index contributed by atoms with van der Waals surface area (Å²) in [5.74, 6) is -0.0990. The van der Waals surface area contributed by atoms with E-state index < -0.39 is 9.84 Å². The SMILES string of the molecule is CN(C)c1ccc(CN(C(=O)c2sc3ccccc3c2Cl)[C@@H]2CCS(=O)(=O)C2)cc1. The highest BCUT2D eigenvalue weighted by Crippen LogP contribution is 2.37. The number of anilines is 1. The van der Waals surface area contributed by atoms with Crippen LogP contribution >= 0.6 is 22.9 Å². The first-order valence-corrected chi connectivity index (χ1v) is 12.7. The largest absolute Gasteiger partial charge is 0.378 e. The Morgan fingerprint density at radius 1 is 1.13 bits per heavy atom. The summed E-state index contributed by atoms with van der Waals surface area (Å²) < 4.78 is 25.2. The summed E-state index contributed by atoms with van der Waals surface area (Å²) in [5, 5.41) is 1.29. The summed E-state index contributed by atoms with van der Waals surface area (Å²) in [6.45, 7) is 0.345. The first kappa shape index (κ1) is 21.2. The van der Waals surface area contributed by atoms with Gasteiger partial charge in [0, 0.05) is 42.5 Å². The number of fused-ring (bicyclic) bond motifs is 1. The first-order valence-electron chi connectivity index (χ1n) is 9.70. The number of carbonyl (C=O) groups excluding carboxylic acids is 1. The van der Waals surface area contributed by atoms with E-state index in [1.165, 1.54) is 11.3 Å². The fraction of sp³-hybridized carbons (Fsp3) is 0.318. The van der Waals surface area contributed by atoms with Crippen LogP contribution in [0.1, 0.15) is 21.7 Å². The highest BCUT2D eigenvalue weighted by molar-refractivity contribution is 7.91. The van der Waals surface area contributed by atoms with Gasteiger partial charge >= 0.3 is 0 Å². The number of carbonyl (C=O) groups is 1. The number of hydrogen-bond donors (Lipinski definition) is 0. The second-order valence-electron chi connectivity index (χ2n) is 7.79. The fourth-order valence-corrected chi connectivity index (χ4v) is 6.96. The Labute approximate surface area is 185 Å². The number of rotatable bonds is 5. The molecule has 30 heavy (non-hydrogen) atoms. The molecule has 1 fully saturated rings. The molecule has 0 radical (unpaired) electrons. The normalized spacial score (nSPS) is 17.9. The standard InChI is InChI=1S/C22H23ClN2O3S2/c1-24(2)16-9-7-15(8-10-16)13-25(17-11-12-30(27,28)14-17)22(26)21-20(23)18-5-3-4-6-19(18)29-21/h3-10,17H,11-14H2,1-2H3/t17-/m1/s1. The van der Waals surface area contributed by atoms with E-state index in [1.54, 1.807) is 4.90 Å². The maximum atomic E-state index is 13.6. The molecule has 0 bridgehead atoms. The number of sulfone groups is 1. The Kier molecular flexibility index (Phi) is 5.79. The summed E-state index contributed by atoms with van der Waals surface area (Å²) >= 11 is 7.91. The molecule has 2 aromatic carbocycles. The predicted molar refractivity (Wildman–Crippen MR) is 125 cm³/mol. The number of halogens is 1. The molecule has 1 amide bonds. The Balaban J connectivity index is 1.69. The number of hydrogen-bond acceptors (Lipinski definition) is 5. The van der Waals surface area contributed by atoms with Crippen LogP contribution in [0.25, 0.3) is 10.1 Å². The lowest BCUT2D eigenvalue weighted by molar-refractivity contribution is 0.0686. The summed E-state index contributed by atoms with van der Waals surface area (Å²) in [7, 11) is 0.809. The van der Waals surface area contributed by atoms with Gasteiger partial charge in [-0.05, 0) is 30.2 Å². The maximum Gasteiger partial charge on any atom is 0.266 e. The van der Waals surface area contributed by atoms with Crippen LogP contribution in [0.4, 0.5) is 5.69 Å². The van der Waals surface area contributed by atoms with E-state index in [4.69, 9.17) is 11.6 Å².